The van der Waals surface area contributed by atoms with Gasteiger partial charge in [-0.15, -0.1) is 0 Å². The van der Waals surface area contributed by atoms with E-state index in [2.05, 4.69) is 19.2 Å². The number of hydrogen-bond donors (Lipinski definition) is 2. The van der Waals surface area contributed by atoms with Crippen molar-refractivity contribution in [2.45, 2.75) is 52.2 Å². The molecule has 3 heteroatoms. The Bertz CT molecular complexity index is 435. The van der Waals surface area contributed by atoms with Crippen molar-refractivity contribution in [3.05, 3.63) is 29.8 Å². The summed E-state index contributed by atoms with van der Waals surface area (Å²) < 4.78 is 5.64. The predicted octanol–water partition coefficient (Wildman–Crippen LogP) is 3.15. The highest BCUT2D eigenvalue weighted by molar-refractivity contribution is 5.27. The Morgan fingerprint density at radius 2 is 2.14 bits per heavy atom. The zero-order chi connectivity index (χ0) is 15.2. The molecule has 0 saturated heterocycles. The molecule has 21 heavy (non-hydrogen) atoms. The Kier molecular flexibility index (Phi) is 6.07. The first-order valence-corrected chi connectivity index (χ1v) is 8.15. The van der Waals surface area contributed by atoms with E-state index < -0.39 is 6.10 Å². The summed E-state index contributed by atoms with van der Waals surface area (Å²) in [4.78, 5) is 0. The largest absolute Gasteiger partial charge is 0.491 e. The normalized spacial score (nSPS) is 27.3. The maximum absolute atomic E-state index is 10.1. The van der Waals surface area contributed by atoms with Crippen molar-refractivity contribution in [1.82, 2.24) is 5.32 Å². The fourth-order valence-corrected chi connectivity index (χ4v) is 3.21. The molecule has 0 bridgehead atoms. The molecule has 0 aliphatic heterocycles. The Morgan fingerprint density at radius 3 is 2.86 bits per heavy atom. The second kappa shape index (κ2) is 7.81. The van der Waals surface area contributed by atoms with Gasteiger partial charge in [0.2, 0.25) is 0 Å². The average molecular weight is 291 g/mol. The van der Waals surface area contributed by atoms with Gasteiger partial charge in [-0.2, -0.15) is 0 Å². The van der Waals surface area contributed by atoms with Crippen molar-refractivity contribution < 1.29 is 9.84 Å². The summed E-state index contributed by atoms with van der Waals surface area (Å²) in [5, 5.41) is 13.6. The van der Waals surface area contributed by atoms with Gasteiger partial charge in [-0.3, -0.25) is 0 Å². The smallest absolute Gasteiger partial charge is 0.119 e. The number of aliphatic hydroxyl groups is 1. The number of aryl methyl sites for hydroxylation is 1. The van der Waals surface area contributed by atoms with Gasteiger partial charge >= 0.3 is 0 Å². The summed E-state index contributed by atoms with van der Waals surface area (Å²) in [5.74, 6) is 2.36. The van der Waals surface area contributed by atoms with Gasteiger partial charge in [0.05, 0.1) is 0 Å². The second-order valence-corrected chi connectivity index (χ2v) is 6.69. The molecular formula is C18H29NO2. The summed E-state index contributed by atoms with van der Waals surface area (Å²) in [7, 11) is 0. The Hall–Kier alpha value is -1.06. The fourth-order valence-electron chi connectivity index (χ4n) is 3.21. The highest BCUT2D eigenvalue weighted by Gasteiger charge is 2.25. The van der Waals surface area contributed by atoms with E-state index in [1.807, 2.05) is 31.2 Å². The molecule has 0 radical (unpaired) electrons. The number of benzene rings is 1. The maximum Gasteiger partial charge on any atom is 0.119 e. The summed E-state index contributed by atoms with van der Waals surface area (Å²) in [6.45, 7) is 7.62. The zero-order valence-corrected chi connectivity index (χ0v) is 13.5. The summed E-state index contributed by atoms with van der Waals surface area (Å²) in [6.07, 6.45) is 3.33. The number of rotatable bonds is 6. The van der Waals surface area contributed by atoms with Crippen molar-refractivity contribution in [2.24, 2.45) is 11.8 Å². The minimum Gasteiger partial charge on any atom is -0.491 e. The Morgan fingerprint density at radius 1 is 1.33 bits per heavy atom. The van der Waals surface area contributed by atoms with Crippen molar-refractivity contribution >= 4 is 0 Å². The minimum atomic E-state index is -0.461. The number of hydrogen-bond acceptors (Lipinski definition) is 3. The average Bonchev–Trinajstić information content (AvgIpc) is 2.44. The monoisotopic (exact) mass is 291 g/mol. The first kappa shape index (κ1) is 16.3. The second-order valence-electron chi connectivity index (χ2n) is 6.69. The van der Waals surface area contributed by atoms with E-state index in [0.717, 1.165) is 11.7 Å². The molecule has 1 aromatic rings. The van der Waals surface area contributed by atoms with E-state index in [1.54, 1.807) is 0 Å². The molecule has 0 amide bonds. The number of ether oxygens (including phenoxy) is 1. The van der Waals surface area contributed by atoms with E-state index in [0.29, 0.717) is 25.1 Å². The van der Waals surface area contributed by atoms with Gasteiger partial charge in [0, 0.05) is 12.6 Å². The first-order valence-electron chi connectivity index (χ1n) is 8.15. The molecule has 0 heterocycles. The Labute approximate surface area is 128 Å². The topological polar surface area (TPSA) is 41.5 Å². The van der Waals surface area contributed by atoms with E-state index in [1.165, 1.54) is 24.8 Å². The SMILES string of the molecule is Cc1cccc(OCC(O)CNC2CCC(C)CC2C)c1. The van der Waals surface area contributed by atoms with Crippen LogP contribution in [0.15, 0.2) is 24.3 Å². The lowest BCUT2D eigenvalue weighted by Crippen LogP contribution is -2.43. The minimum absolute atomic E-state index is 0.341. The molecule has 0 aromatic heterocycles. The van der Waals surface area contributed by atoms with Crippen molar-refractivity contribution in [3.8, 4) is 5.75 Å². The molecule has 118 valence electrons. The van der Waals surface area contributed by atoms with Crippen molar-refractivity contribution in [3.63, 3.8) is 0 Å². The molecule has 1 aliphatic carbocycles. The summed E-state index contributed by atoms with van der Waals surface area (Å²) >= 11 is 0. The van der Waals surface area contributed by atoms with Gasteiger partial charge in [0.25, 0.3) is 0 Å². The highest BCUT2D eigenvalue weighted by atomic mass is 16.5. The van der Waals surface area contributed by atoms with Crippen LogP contribution in [0, 0.1) is 18.8 Å². The zero-order valence-electron chi connectivity index (χ0n) is 13.5. The molecule has 0 spiro atoms. The highest BCUT2D eigenvalue weighted by Crippen LogP contribution is 2.28. The molecule has 4 unspecified atom stereocenters. The third kappa shape index (κ3) is 5.33. The van der Waals surface area contributed by atoms with Crippen molar-refractivity contribution in [1.29, 1.82) is 0 Å². The molecule has 2 rings (SSSR count). The van der Waals surface area contributed by atoms with Crippen LogP contribution < -0.4 is 10.1 Å². The van der Waals surface area contributed by atoms with E-state index >= 15 is 0 Å². The molecular weight excluding hydrogens is 262 g/mol. The van der Waals surface area contributed by atoms with Gasteiger partial charge in [-0.1, -0.05) is 26.0 Å². The summed E-state index contributed by atoms with van der Waals surface area (Å²) in [6, 6.07) is 8.47. The Balaban J connectivity index is 1.69. The lowest BCUT2D eigenvalue weighted by atomic mass is 9.80. The van der Waals surface area contributed by atoms with Crippen LogP contribution in [-0.2, 0) is 0 Å². The van der Waals surface area contributed by atoms with Crippen LogP contribution in [0.3, 0.4) is 0 Å². The summed E-state index contributed by atoms with van der Waals surface area (Å²) in [5.41, 5.74) is 1.17. The molecule has 4 atom stereocenters. The predicted molar refractivity (Wildman–Crippen MR) is 86.7 cm³/mol. The van der Waals surface area contributed by atoms with Crippen LogP contribution in [0.25, 0.3) is 0 Å². The lowest BCUT2D eigenvalue weighted by Gasteiger charge is -2.33. The van der Waals surface area contributed by atoms with E-state index in [-0.39, 0.29) is 0 Å². The van der Waals surface area contributed by atoms with Gasteiger partial charge in [-0.05, 0) is 55.7 Å². The third-order valence-electron chi connectivity index (χ3n) is 4.48. The lowest BCUT2D eigenvalue weighted by molar-refractivity contribution is 0.0964. The van der Waals surface area contributed by atoms with Crippen LogP contribution in [0.1, 0.15) is 38.7 Å². The quantitative estimate of drug-likeness (QED) is 0.846. The van der Waals surface area contributed by atoms with Crippen LogP contribution in [-0.4, -0.2) is 30.4 Å². The molecule has 3 nitrogen and oxygen atoms in total. The molecule has 1 aromatic carbocycles. The van der Waals surface area contributed by atoms with E-state index in [9.17, 15) is 5.11 Å². The number of nitrogens with one attached hydrogen (secondary N) is 1. The van der Waals surface area contributed by atoms with Gasteiger partial charge < -0.3 is 15.2 Å². The standard InChI is InChI=1S/C18H29NO2/c1-13-5-4-6-17(10-13)21-12-16(20)11-19-18-8-7-14(2)9-15(18)3/h4-6,10,14-16,18-20H,7-9,11-12H2,1-3H3. The van der Waals surface area contributed by atoms with Gasteiger partial charge in [0.15, 0.2) is 0 Å². The van der Waals surface area contributed by atoms with Crippen LogP contribution >= 0.6 is 0 Å². The van der Waals surface area contributed by atoms with Crippen LogP contribution in [0.4, 0.5) is 0 Å². The molecule has 2 N–H and O–H groups in total. The molecule has 1 aliphatic rings. The maximum atomic E-state index is 10.1. The first-order chi connectivity index (χ1) is 10.0. The van der Waals surface area contributed by atoms with E-state index in [4.69, 9.17) is 4.74 Å². The molecule has 1 fully saturated rings. The van der Waals surface area contributed by atoms with Crippen LogP contribution in [0.2, 0.25) is 0 Å². The van der Waals surface area contributed by atoms with Gasteiger partial charge in [0.1, 0.15) is 18.5 Å². The van der Waals surface area contributed by atoms with Crippen LogP contribution in [0.5, 0.6) is 5.75 Å². The van der Waals surface area contributed by atoms with Crippen molar-refractivity contribution in [2.75, 3.05) is 13.2 Å². The molecule has 1 saturated carbocycles. The fraction of sp³-hybridized carbons (Fsp3) is 0.667. The van der Waals surface area contributed by atoms with Gasteiger partial charge in [-0.25, -0.2) is 0 Å². The number of aliphatic hydroxyl groups excluding tert-OH is 1. The third-order valence-corrected chi connectivity index (χ3v) is 4.48.